The second-order valence-electron chi connectivity index (χ2n) is 4.90. The summed E-state index contributed by atoms with van der Waals surface area (Å²) in [7, 11) is 0. The number of esters is 1. The number of hydrogen-bond donors (Lipinski definition) is 1. The van der Waals surface area contributed by atoms with E-state index in [0.29, 0.717) is 25.7 Å². The number of nitrogens with two attached hydrogens (primary N) is 1. The van der Waals surface area contributed by atoms with Gasteiger partial charge in [-0.3, -0.25) is 4.79 Å². The van der Waals surface area contributed by atoms with Crippen LogP contribution in [-0.2, 0) is 14.3 Å². The van der Waals surface area contributed by atoms with Crippen molar-refractivity contribution in [1.29, 1.82) is 5.26 Å². The molecule has 0 radical (unpaired) electrons. The van der Waals surface area contributed by atoms with Crippen molar-refractivity contribution in [2.24, 2.45) is 0 Å². The Morgan fingerprint density at radius 2 is 2.50 bits per heavy atom. The van der Waals surface area contributed by atoms with Gasteiger partial charge in [-0.25, -0.2) is 4.98 Å². The maximum atomic E-state index is 11.8. The molecule has 0 spiro atoms. The van der Waals surface area contributed by atoms with Crippen LogP contribution in [0.2, 0.25) is 0 Å². The van der Waals surface area contributed by atoms with Crippen LogP contribution >= 0.6 is 0 Å². The predicted octanol–water partition coefficient (Wildman–Crippen LogP) is 0.479. The first-order valence-corrected chi connectivity index (χ1v) is 7.18. The van der Waals surface area contributed by atoms with Gasteiger partial charge >= 0.3 is 5.97 Å². The number of ether oxygens (including phenoxy) is 2. The highest BCUT2D eigenvalue weighted by Crippen LogP contribution is 2.18. The maximum Gasteiger partial charge on any atom is 0.325 e. The van der Waals surface area contributed by atoms with Gasteiger partial charge in [-0.1, -0.05) is 0 Å². The molecule has 1 fully saturated rings. The molecule has 1 aliphatic heterocycles. The number of rotatable bonds is 6. The molecule has 0 aliphatic carbocycles. The monoisotopic (exact) mass is 305 g/mol. The van der Waals surface area contributed by atoms with Gasteiger partial charge in [-0.2, -0.15) is 10.2 Å². The third-order valence-electron chi connectivity index (χ3n) is 3.28. The molecule has 1 saturated heterocycles. The summed E-state index contributed by atoms with van der Waals surface area (Å²) >= 11 is 0. The fourth-order valence-corrected chi connectivity index (χ4v) is 2.24. The highest BCUT2D eigenvalue weighted by atomic mass is 16.5. The second-order valence-corrected chi connectivity index (χ2v) is 4.90. The van der Waals surface area contributed by atoms with Crippen molar-refractivity contribution >= 4 is 17.7 Å². The third kappa shape index (κ3) is 4.05. The van der Waals surface area contributed by atoms with Crippen LogP contribution in [0.1, 0.15) is 25.3 Å². The molecule has 8 nitrogen and oxygen atoms in total. The number of carbonyl (C=O) groups excluding carboxylic acids is 1. The molecule has 1 aromatic heterocycles. The van der Waals surface area contributed by atoms with Gasteiger partial charge in [-0.05, 0) is 19.8 Å². The smallest absolute Gasteiger partial charge is 0.325 e. The van der Waals surface area contributed by atoms with Gasteiger partial charge in [0, 0.05) is 13.2 Å². The number of anilines is 2. The Balaban J connectivity index is 2.16. The molecule has 0 saturated carbocycles. The van der Waals surface area contributed by atoms with E-state index in [0.717, 1.165) is 12.8 Å². The number of nitrogen functional groups attached to an aromatic ring is 1. The maximum absolute atomic E-state index is 11.8. The first-order chi connectivity index (χ1) is 10.6. The van der Waals surface area contributed by atoms with Gasteiger partial charge in [0.15, 0.2) is 0 Å². The summed E-state index contributed by atoms with van der Waals surface area (Å²) in [5.74, 6) is 0.0146. The van der Waals surface area contributed by atoms with Gasteiger partial charge in [-0.15, -0.1) is 0 Å². The lowest BCUT2D eigenvalue weighted by atomic mass is 10.2. The van der Waals surface area contributed by atoms with E-state index in [2.05, 4.69) is 9.97 Å². The van der Waals surface area contributed by atoms with Crippen molar-refractivity contribution in [2.75, 3.05) is 36.9 Å². The second kappa shape index (κ2) is 7.56. The summed E-state index contributed by atoms with van der Waals surface area (Å²) in [5.41, 5.74) is 5.93. The zero-order valence-electron chi connectivity index (χ0n) is 12.5. The van der Waals surface area contributed by atoms with E-state index < -0.39 is 0 Å². The Morgan fingerprint density at radius 3 is 3.09 bits per heavy atom. The predicted molar refractivity (Wildman–Crippen MR) is 79.0 cm³/mol. The minimum absolute atomic E-state index is 0.0129. The number of carbonyl (C=O) groups is 1. The molecule has 1 unspecified atom stereocenters. The molecule has 0 amide bonds. The molecular formula is C14H19N5O3. The van der Waals surface area contributed by atoms with E-state index in [1.54, 1.807) is 11.8 Å². The Hall–Kier alpha value is -2.40. The lowest BCUT2D eigenvalue weighted by Gasteiger charge is -2.24. The van der Waals surface area contributed by atoms with Gasteiger partial charge in [0.25, 0.3) is 0 Å². The van der Waals surface area contributed by atoms with E-state index in [-0.39, 0.29) is 30.0 Å². The van der Waals surface area contributed by atoms with Crippen LogP contribution in [0, 0.1) is 11.3 Å². The molecule has 1 aliphatic rings. The molecule has 1 aromatic rings. The highest BCUT2D eigenvalue weighted by molar-refractivity contribution is 5.75. The summed E-state index contributed by atoms with van der Waals surface area (Å²) < 4.78 is 10.6. The highest BCUT2D eigenvalue weighted by Gasteiger charge is 2.23. The zero-order chi connectivity index (χ0) is 15.9. The van der Waals surface area contributed by atoms with Crippen LogP contribution in [0.3, 0.4) is 0 Å². The Kier molecular flexibility index (Phi) is 5.49. The zero-order valence-corrected chi connectivity index (χ0v) is 12.5. The summed E-state index contributed by atoms with van der Waals surface area (Å²) in [6, 6.07) is 1.91. The fourth-order valence-electron chi connectivity index (χ4n) is 2.24. The van der Waals surface area contributed by atoms with E-state index in [1.165, 1.54) is 6.20 Å². The standard InChI is InChI=1S/C14H19N5O3/c1-2-21-12(20)9-19(8-11-4-3-5-22-11)14-17-7-10(6-15)13(16)18-14/h7,11H,2-5,8-9H2,1H3,(H2,16,17,18). The first-order valence-electron chi connectivity index (χ1n) is 7.18. The lowest BCUT2D eigenvalue weighted by molar-refractivity contribution is -0.141. The first kappa shape index (κ1) is 16.0. The van der Waals surface area contributed by atoms with Crippen LogP contribution in [-0.4, -0.2) is 48.3 Å². The summed E-state index contributed by atoms with van der Waals surface area (Å²) in [5, 5.41) is 8.88. The quantitative estimate of drug-likeness (QED) is 0.755. The van der Waals surface area contributed by atoms with Crippen LogP contribution in [0.5, 0.6) is 0 Å². The number of aromatic nitrogens is 2. The molecule has 0 bridgehead atoms. The van der Waals surface area contributed by atoms with E-state index in [4.69, 9.17) is 20.5 Å². The van der Waals surface area contributed by atoms with Crippen LogP contribution in [0.25, 0.3) is 0 Å². The molecule has 2 N–H and O–H groups in total. The van der Waals surface area contributed by atoms with E-state index in [1.807, 2.05) is 6.07 Å². The largest absolute Gasteiger partial charge is 0.465 e. The molecule has 22 heavy (non-hydrogen) atoms. The summed E-state index contributed by atoms with van der Waals surface area (Å²) in [6.07, 6.45) is 3.29. The normalized spacial score (nSPS) is 17.0. The van der Waals surface area contributed by atoms with Crippen molar-refractivity contribution < 1.29 is 14.3 Å². The van der Waals surface area contributed by atoms with Crippen molar-refractivity contribution in [3.05, 3.63) is 11.8 Å². The summed E-state index contributed by atoms with van der Waals surface area (Å²) in [4.78, 5) is 21.7. The minimum Gasteiger partial charge on any atom is -0.465 e. The van der Waals surface area contributed by atoms with Crippen molar-refractivity contribution in [2.45, 2.75) is 25.9 Å². The van der Waals surface area contributed by atoms with Gasteiger partial charge in [0.2, 0.25) is 5.95 Å². The van der Waals surface area contributed by atoms with Gasteiger partial charge in [0.05, 0.1) is 18.9 Å². The number of nitriles is 1. The van der Waals surface area contributed by atoms with Crippen LogP contribution in [0.15, 0.2) is 6.20 Å². The minimum atomic E-state index is -0.368. The Labute approximate surface area is 128 Å². The molecule has 2 heterocycles. The van der Waals surface area contributed by atoms with Gasteiger partial charge < -0.3 is 20.1 Å². The average Bonchev–Trinajstić information content (AvgIpc) is 3.00. The van der Waals surface area contributed by atoms with E-state index >= 15 is 0 Å². The Bertz CT molecular complexity index is 566. The van der Waals surface area contributed by atoms with Crippen molar-refractivity contribution in [3.8, 4) is 6.07 Å². The average molecular weight is 305 g/mol. The number of nitrogens with zero attached hydrogens (tertiary/aromatic N) is 4. The van der Waals surface area contributed by atoms with Crippen LogP contribution in [0.4, 0.5) is 11.8 Å². The molecular weight excluding hydrogens is 286 g/mol. The summed E-state index contributed by atoms with van der Waals surface area (Å²) in [6.45, 7) is 3.26. The Morgan fingerprint density at radius 1 is 1.68 bits per heavy atom. The third-order valence-corrected chi connectivity index (χ3v) is 3.28. The van der Waals surface area contributed by atoms with Crippen molar-refractivity contribution in [1.82, 2.24) is 9.97 Å². The fraction of sp³-hybridized carbons (Fsp3) is 0.571. The molecule has 8 heteroatoms. The van der Waals surface area contributed by atoms with Gasteiger partial charge in [0.1, 0.15) is 24.0 Å². The van der Waals surface area contributed by atoms with Crippen LogP contribution < -0.4 is 10.6 Å². The van der Waals surface area contributed by atoms with Crippen molar-refractivity contribution in [3.63, 3.8) is 0 Å². The molecule has 118 valence electrons. The number of hydrogen-bond acceptors (Lipinski definition) is 8. The lowest BCUT2D eigenvalue weighted by Crippen LogP contribution is -2.38. The van der Waals surface area contributed by atoms with E-state index in [9.17, 15) is 4.79 Å². The SMILES string of the molecule is CCOC(=O)CN(CC1CCCO1)c1ncc(C#N)c(N)n1. The molecule has 2 rings (SSSR count). The molecule has 1 atom stereocenters. The topological polar surface area (TPSA) is 114 Å². The molecule has 0 aromatic carbocycles.